The van der Waals surface area contributed by atoms with E-state index in [9.17, 15) is 0 Å². The molecule has 0 spiro atoms. The van der Waals surface area contributed by atoms with E-state index in [1.165, 1.54) is 30.4 Å². The molecular weight excluding hydrogens is 220 g/mol. The fourth-order valence-electron chi connectivity index (χ4n) is 2.16. The van der Waals surface area contributed by atoms with Crippen LogP contribution in [0.2, 0.25) is 0 Å². The minimum Gasteiger partial charge on any atom is -0.323 e. The fourth-order valence-corrected chi connectivity index (χ4v) is 2.16. The van der Waals surface area contributed by atoms with Crippen LogP contribution in [0.15, 0.2) is 24.3 Å². The van der Waals surface area contributed by atoms with Gasteiger partial charge >= 0.3 is 0 Å². The molecule has 2 nitrogen and oxygen atoms in total. The largest absolute Gasteiger partial charge is 0.323 e. The van der Waals surface area contributed by atoms with Crippen LogP contribution >= 0.6 is 0 Å². The smallest absolute Gasteiger partial charge is 0.0424 e. The first-order valence-electron chi connectivity index (χ1n) is 7.20. The summed E-state index contributed by atoms with van der Waals surface area (Å²) in [4.78, 5) is 2.34. The molecule has 1 unspecified atom stereocenters. The van der Waals surface area contributed by atoms with E-state index in [-0.39, 0.29) is 6.04 Å². The standard InChI is InChI=1S/C16H28N2/c1-4-6-7-12-18(3)13-16(17)15-10-8-14(5-2)9-11-15/h8-11,16H,4-7,12-13,17H2,1-3H3. The Labute approximate surface area is 112 Å². The second kappa shape index (κ2) is 8.28. The molecule has 1 rings (SSSR count). The highest BCUT2D eigenvalue weighted by Gasteiger charge is 2.08. The average molecular weight is 248 g/mol. The number of nitrogens with zero attached hydrogens (tertiary/aromatic N) is 1. The maximum Gasteiger partial charge on any atom is 0.0424 e. The summed E-state index contributed by atoms with van der Waals surface area (Å²) in [6, 6.07) is 8.84. The van der Waals surface area contributed by atoms with Gasteiger partial charge in [-0.15, -0.1) is 0 Å². The zero-order valence-corrected chi connectivity index (χ0v) is 12.2. The zero-order valence-electron chi connectivity index (χ0n) is 12.2. The molecule has 1 atom stereocenters. The third-order valence-corrected chi connectivity index (χ3v) is 3.47. The monoisotopic (exact) mass is 248 g/mol. The molecule has 0 amide bonds. The molecule has 0 aliphatic heterocycles. The van der Waals surface area contributed by atoms with E-state index in [1.807, 2.05) is 0 Å². The molecule has 102 valence electrons. The Morgan fingerprint density at radius 2 is 1.78 bits per heavy atom. The summed E-state index contributed by atoms with van der Waals surface area (Å²) in [6.45, 7) is 6.50. The van der Waals surface area contributed by atoms with E-state index >= 15 is 0 Å². The van der Waals surface area contributed by atoms with Gasteiger partial charge in [-0.2, -0.15) is 0 Å². The van der Waals surface area contributed by atoms with Crippen LogP contribution in [0.1, 0.15) is 50.3 Å². The van der Waals surface area contributed by atoms with E-state index in [2.05, 4.69) is 50.1 Å². The van der Waals surface area contributed by atoms with E-state index in [4.69, 9.17) is 5.73 Å². The Kier molecular flexibility index (Phi) is 6.99. The predicted molar refractivity (Wildman–Crippen MR) is 79.8 cm³/mol. The molecule has 18 heavy (non-hydrogen) atoms. The summed E-state index contributed by atoms with van der Waals surface area (Å²) in [7, 11) is 2.16. The maximum absolute atomic E-state index is 6.25. The van der Waals surface area contributed by atoms with Gasteiger partial charge in [-0.05, 0) is 37.6 Å². The van der Waals surface area contributed by atoms with Gasteiger partial charge in [0, 0.05) is 12.6 Å². The highest BCUT2D eigenvalue weighted by molar-refractivity contribution is 5.25. The topological polar surface area (TPSA) is 29.3 Å². The zero-order chi connectivity index (χ0) is 13.4. The first kappa shape index (κ1) is 15.2. The average Bonchev–Trinajstić information content (AvgIpc) is 2.39. The molecule has 0 bridgehead atoms. The summed E-state index contributed by atoms with van der Waals surface area (Å²) in [5.74, 6) is 0. The number of unbranched alkanes of at least 4 members (excludes halogenated alkanes) is 2. The number of nitrogens with two attached hydrogens (primary N) is 1. The molecule has 0 radical (unpaired) electrons. The van der Waals surface area contributed by atoms with Crippen molar-refractivity contribution in [1.29, 1.82) is 0 Å². The van der Waals surface area contributed by atoms with Gasteiger partial charge in [0.2, 0.25) is 0 Å². The highest BCUT2D eigenvalue weighted by Crippen LogP contribution is 2.13. The molecule has 2 N–H and O–H groups in total. The van der Waals surface area contributed by atoms with Crippen LogP contribution in [0.3, 0.4) is 0 Å². The summed E-state index contributed by atoms with van der Waals surface area (Å²) in [5.41, 5.74) is 8.87. The van der Waals surface area contributed by atoms with Gasteiger partial charge in [0.05, 0.1) is 0 Å². The number of likely N-dealkylation sites (N-methyl/N-ethyl adjacent to an activating group) is 1. The molecule has 1 aromatic carbocycles. The summed E-state index contributed by atoms with van der Waals surface area (Å²) in [6.07, 6.45) is 4.95. The lowest BCUT2D eigenvalue weighted by molar-refractivity contribution is 0.305. The van der Waals surface area contributed by atoms with Crippen LogP contribution in [-0.2, 0) is 6.42 Å². The Morgan fingerprint density at radius 1 is 1.11 bits per heavy atom. The van der Waals surface area contributed by atoms with Crippen molar-refractivity contribution >= 4 is 0 Å². The third-order valence-electron chi connectivity index (χ3n) is 3.47. The van der Waals surface area contributed by atoms with Gasteiger partial charge in [-0.3, -0.25) is 0 Å². The fraction of sp³-hybridized carbons (Fsp3) is 0.625. The molecule has 1 aromatic rings. The lowest BCUT2D eigenvalue weighted by atomic mass is 10.0. The Hall–Kier alpha value is -0.860. The summed E-state index contributed by atoms with van der Waals surface area (Å²) in [5, 5.41) is 0. The Balaban J connectivity index is 2.40. The number of aryl methyl sites for hydroxylation is 1. The first-order chi connectivity index (χ1) is 8.67. The van der Waals surface area contributed by atoms with E-state index in [0.717, 1.165) is 19.5 Å². The first-order valence-corrected chi connectivity index (χ1v) is 7.20. The van der Waals surface area contributed by atoms with Gasteiger partial charge < -0.3 is 10.6 Å². The number of benzene rings is 1. The van der Waals surface area contributed by atoms with Crippen molar-refractivity contribution in [2.24, 2.45) is 5.73 Å². The van der Waals surface area contributed by atoms with Gasteiger partial charge in [-0.25, -0.2) is 0 Å². The summed E-state index contributed by atoms with van der Waals surface area (Å²) >= 11 is 0. The normalized spacial score (nSPS) is 12.9. The minimum atomic E-state index is 0.127. The molecule has 0 heterocycles. The molecule has 0 aliphatic rings. The maximum atomic E-state index is 6.25. The number of rotatable bonds is 8. The van der Waals surface area contributed by atoms with Crippen molar-refractivity contribution in [3.63, 3.8) is 0 Å². The molecular formula is C16H28N2. The van der Waals surface area contributed by atoms with Crippen molar-refractivity contribution in [3.05, 3.63) is 35.4 Å². The number of hydrogen-bond acceptors (Lipinski definition) is 2. The van der Waals surface area contributed by atoms with Crippen molar-refractivity contribution in [3.8, 4) is 0 Å². The predicted octanol–water partition coefficient (Wildman–Crippen LogP) is 3.37. The van der Waals surface area contributed by atoms with Crippen LogP contribution in [0.4, 0.5) is 0 Å². The van der Waals surface area contributed by atoms with E-state index in [1.54, 1.807) is 0 Å². The van der Waals surface area contributed by atoms with Gasteiger partial charge in [0.25, 0.3) is 0 Å². The van der Waals surface area contributed by atoms with Crippen LogP contribution in [-0.4, -0.2) is 25.0 Å². The molecule has 0 saturated heterocycles. The van der Waals surface area contributed by atoms with Crippen LogP contribution in [0, 0.1) is 0 Å². The van der Waals surface area contributed by atoms with E-state index in [0.29, 0.717) is 0 Å². The van der Waals surface area contributed by atoms with Crippen LogP contribution in [0.5, 0.6) is 0 Å². The lowest BCUT2D eigenvalue weighted by Gasteiger charge is -2.21. The second-order valence-corrected chi connectivity index (χ2v) is 5.17. The van der Waals surface area contributed by atoms with Gasteiger partial charge in [0.1, 0.15) is 0 Å². The van der Waals surface area contributed by atoms with Crippen molar-refractivity contribution in [1.82, 2.24) is 4.90 Å². The molecule has 0 aromatic heterocycles. The molecule has 0 fully saturated rings. The lowest BCUT2D eigenvalue weighted by Crippen LogP contribution is -2.29. The minimum absolute atomic E-state index is 0.127. The third kappa shape index (κ3) is 5.19. The quantitative estimate of drug-likeness (QED) is 0.715. The molecule has 0 aliphatic carbocycles. The van der Waals surface area contributed by atoms with Crippen molar-refractivity contribution < 1.29 is 0 Å². The van der Waals surface area contributed by atoms with Crippen molar-refractivity contribution in [2.45, 2.75) is 45.6 Å². The SMILES string of the molecule is CCCCCN(C)CC(N)c1ccc(CC)cc1. The molecule has 0 saturated carbocycles. The second-order valence-electron chi connectivity index (χ2n) is 5.17. The molecule has 2 heteroatoms. The van der Waals surface area contributed by atoms with Crippen LogP contribution < -0.4 is 5.73 Å². The Bertz CT molecular complexity index is 318. The van der Waals surface area contributed by atoms with Crippen LogP contribution in [0.25, 0.3) is 0 Å². The highest BCUT2D eigenvalue weighted by atomic mass is 15.1. The van der Waals surface area contributed by atoms with Gasteiger partial charge in [-0.1, -0.05) is 51.0 Å². The van der Waals surface area contributed by atoms with E-state index < -0.39 is 0 Å². The Morgan fingerprint density at radius 3 is 2.33 bits per heavy atom. The number of hydrogen-bond donors (Lipinski definition) is 1. The van der Waals surface area contributed by atoms with Gasteiger partial charge in [0.15, 0.2) is 0 Å². The van der Waals surface area contributed by atoms with Crippen molar-refractivity contribution in [2.75, 3.05) is 20.1 Å². The summed E-state index contributed by atoms with van der Waals surface area (Å²) < 4.78 is 0.